The number of nitrogens with two attached hydrogens (primary N) is 1. The molecule has 0 spiro atoms. The predicted molar refractivity (Wildman–Crippen MR) is 107 cm³/mol. The monoisotopic (exact) mass is 414 g/mol. The lowest BCUT2D eigenvalue weighted by Gasteiger charge is -2.05. The lowest BCUT2D eigenvalue weighted by molar-refractivity contribution is -0.135. The highest BCUT2D eigenvalue weighted by Gasteiger charge is 1.86. The molecule has 0 aromatic rings. The van der Waals surface area contributed by atoms with Crippen molar-refractivity contribution in [2.45, 2.75) is 34.6 Å². The molecule has 0 aliphatic heterocycles. The molecule has 0 amide bonds. The summed E-state index contributed by atoms with van der Waals surface area (Å²) in [5.41, 5.74) is 5.32. The second-order valence-corrected chi connectivity index (χ2v) is 4.72. The zero-order valence-electron chi connectivity index (χ0n) is 17.4. The molecule has 0 aromatic heterocycles. The molecule has 0 fully saturated rings. The molecular weight excluding hydrogens is 376 g/mol. The maximum Gasteiger partial charge on any atom is 0.300 e. The molecule has 0 saturated carbocycles. The fourth-order valence-corrected chi connectivity index (χ4v) is 0.882. The molecule has 0 aliphatic carbocycles. The lowest BCUT2D eigenvalue weighted by Crippen LogP contribution is -2.34. The standard InChI is InChI=1S/C8H22N4.4C2H4O2/c1-2-10-5-6-12-8-7-11-4-3-9;4*1-2(3)4/h10-12H,2-9H2,1H3;4*1H3,(H,3,4). The third kappa shape index (κ3) is 271. The van der Waals surface area contributed by atoms with Gasteiger partial charge in [0.2, 0.25) is 0 Å². The molecule has 0 aromatic carbocycles. The summed E-state index contributed by atoms with van der Waals surface area (Å²) < 4.78 is 0. The fraction of sp³-hybridized carbons (Fsp3) is 0.750. The highest BCUT2D eigenvalue weighted by Crippen LogP contribution is 1.60. The molecule has 0 unspecified atom stereocenters. The number of carboxylic acid groups (broad SMARTS) is 4. The van der Waals surface area contributed by atoms with Crippen LogP contribution in [0, 0.1) is 0 Å². The predicted octanol–water partition coefficient (Wildman–Crippen LogP) is -0.903. The van der Waals surface area contributed by atoms with Gasteiger partial charge in [-0.15, -0.1) is 0 Å². The molecule has 170 valence electrons. The van der Waals surface area contributed by atoms with Crippen molar-refractivity contribution in [3.8, 4) is 0 Å². The average molecular weight is 415 g/mol. The minimum atomic E-state index is -0.833. The molecule has 0 aliphatic rings. The van der Waals surface area contributed by atoms with Crippen molar-refractivity contribution in [2.24, 2.45) is 5.73 Å². The number of hydrogen-bond donors (Lipinski definition) is 8. The van der Waals surface area contributed by atoms with Gasteiger partial charge in [-0.05, 0) is 6.54 Å². The Morgan fingerprint density at radius 3 is 1.04 bits per heavy atom. The summed E-state index contributed by atoms with van der Waals surface area (Å²) in [5, 5.41) is 39.4. The van der Waals surface area contributed by atoms with Gasteiger partial charge in [-0.25, -0.2) is 0 Å². The Balaban J connectivity index is -0.0000000910. The number of nitrogens with one attached hydrogen (secondary N) is 3. The highest BCUT2D eigenvalue weighted by molar-refractivity contribution is 5.63. The van der Waals surface area contributed by atoms with E-state index in [1.807, 2.05) is 0 Å². The summed E-state index contributed by atoms with van der Waals surface area (Å²) in [4.78, 5) is 36.0. The number of carboxylic acids is 4. The minimum absolute atomic E-state index is 0.720. The van der Waals surface area contributed by atoms with Crippen LogP contribution in [0.1, 0.15) is 34.6 Å². The van der Waals surface area contributed by atoms with Gasteiger partial charge in [-0.1, -0.05) is 6.92 Å². The molecule has 12 nitrogen and oxygen atoms in total. The summed E-state index contributed by atoms with van der Waals surface area (Å²) in [5.74, 6) is -3.33. The van der Waals surface area contributed by atoms with E-state index in [1.54, 1.807) is 0 Å². The summed E-state index contributed by atoms with van der Waals surface area (Å²) in [6.07, 6.45) is 0. The Bertz CT molecular complexity index is 295. The molecule has 0 atom stereocenters. The molecule has 0 heterocycles. The molecule has 9 N–H and O–H groups in total. The van der Waals surface area contributed by atoms with E-state index < -0.39 is 23.9 Å². The zero-order chi connectivity index (χ0) is 23.4. The van der Waals surface area contributed by atoms with E-state index in [1.165, 1.54) is 0 Å². The lowest BCUT2D eigenvalue weighted by atomic mass is 10.5. The van der Waals surface area contributed by atoms with Crippen molar-refractivity contribution in [3.05, 3.63) is 0 Å². The number of likely N-dealkylation sites (N-methyl/N-ethyl adjacent to an activating group) is 1. The molecule has 12 heteroatoms. The van der Waals surface area contributed by atoms with Crippen LogP contribution in [0.5, 0.6) is 0 Å². The van der Waals surface area contributed by atoms with E-state index in [4.69, 9.17) is 45.3 Å². The van der Waals surface area contributed by atoms with Crippen molar-refractivity contribution in [1.82, 2.24) is 16.0 Å². The van der Waals surface area contributed by atoms with Crippen molar-refractivity contribution >= 4 is 23.9 Å². The van der Waals surface area contributed by atoms with Crippen LogP contribution in [0.2, 0.25) is 0 Å². The zero-order valence-corrected chi connectivity index (χ0v) is 17.4. The van der Waals surface area contributed by atoms with Gasteiger partial charge in [0, 0.05) is 67.0 Å². The van der Waals surface area contributed by atoms with Gasteiger partial charge in [0.15, 0.2) is 0 Å². The second-order valence-electron chi connectivity index (χ2n) is 4.72. The van der Waals surface area contributed by atoms with Crippen LogP contribution in [-0.2, 0) is 19.2 Å². The maximum absolute atomic E-state index is 9.00. The van der Waals surface area contributed by atoms with Gasteiger partial charge in [0.1, 0.15) is 0 Å². The SMILES string of the molecule is CC(=O)O.CC(=O)O.CC(=O)O.CC(=O)O.CCNCCNCCNCCN. The van der Waals surface area contributed by atoms with Crippen LogP contribution < -0.4 is 21.7 Å². The van der Waals surface area contributed by atoms with E-state index in [0.717, 1.165) is 73.5 Å². The first-order chi connectivity index (χ1) is 12.8. The number of rotatable bonds is 9. The smallest absolute Gasteiger partial charge is 0.300 e. The topological polar surface area (TPSA) is 211 Å². The van der Waals surface area contributed by atoms with Crippen LogP contribution in [0.15, 0.2) is 0 Å². The Labute approximate surface area is 166 Å². The second kappa shape index (κ2) is 35.8. The first-order valence-electron chi connectivity index (χ1n) is 8.45. The molecular formula is C16H38N4O8. The van der Waals surface area contributed by atoms with Gasteiger partial charge >= 0.3 is 0 Å². The quantitative estimate of drug-likeness (QED) is 0.216. The van der Waals surface area contributed by atoms with E-state index in [-0.39, 0.29) is 0 Å². The summed E-state index contributed by atoms with van der Waals surface area (Å²) in [7, 11) is 0. The summed E-state index contributed by atoms with van der Waals surface area (Å²) in [6, 6.07) is 0. The summed E-state index contributed by atoms with van der Waals surface area (Å²) >= 11 is 0. The van der Waals surface area contributed by atoms with Crippen molar-refractivity contribution in [1.29, 1.82) is 0 Å². The van der Waals surface area contributed by atoms with E-state index in [0.29, 0.717) is 0 Å². The van der Waals surface area contributed by atoms with E-state index >= 15 is 0 Å². The van der Waals surface area contributed by atoms with Crippen LogP contribution in [0.3, 0.4) is 0 Å². The molecule has 0 rings (SSSR count). The van der Waals surface area contributed by atoms with Crippen LogP contribution in [0.25, 0.3) is 0 Å². The van der Waals surface area contributed by atoms with Gasteiger partial charge in [-0.2, -0.15) is 0 Å². The van der Waals surface area contributed by atoms with Crippen LogP contribution in [-0.4, -0.2) is 90.1 Å². The average Bonchev–Trinajstić information content (AvgIpc) is 2.48. The fourth-order valence-electron chi connectivity index (χ4n) is 0.882. The Hall–Kier alpha value is -2.28. The third-order valence-electron chi connectivity index (χ3n) is 1.53. The van der Waals surface area contributed by atoms with E-state index in [2.05, 4.69) is 22.9 Å². The van der Waals surface area contributed by atoms with Crippen molar-refractivity contribution in [3.63, 3.8) is 0 Å². The van der Waals surface area contributed by atoms with E-state index in [9.17, 15) is 0 Å². The van der Waals surface area contributed by atoms with Crippen molar-refractivity contribution < 1.29 is 39.6 Å². The van der Waals surface area contributed by atoms with Gasteiger partial charge in [0.25, 0.3) is 23.9 Å². The molecule has 0 radical (unpaired) electrons. The number of hydrogen-bond acceptors (Lipinski definition) is 8. The summed E-state index contributed by atoms with van der Waals surface area (Å²) in [6.45, 7) is 13.2. The highest BCUT2D eigenvalue weighted by atomic mass is 16.4. The van der Waals surface area contributed by atoms with Crippen LogP contribution in [0.4, 0.5) is 0 Å². The Kier molecular flexibility index (Phi) is 46.8. The van der Waals surface area contributed by atoms with Gasteiger partial charge in [-0.3, -0.25) is 19.2 Å². The molecule has 0 saturated heterocycles. The molecule has 0 bridgehead atoms. The third-order valence-corrected chi connectivity index (χ3v) is 1.53. The largest absolute Gasteiger partial charge is 0.481 e. The van der Waals surface area contributed by atoms with Gasteiger partial charge < -0.3 is 42.1 Å². The number of aliphatic carboxylic acids is 4. The Morgan fingerprint density at radius 2 is 0.821 bits per heavy atom. The van der Waals surface area contributed by atoms with Crippen LogP contribution >= 0.6 is 0 Å². The van der Waals surface area contributed by atoms with Gasteiger partial charge in [0.05, 0.1) is 0 Å². The minimum Gasteiger partial charge on any atom is -0.481 e. The molecule has 28 heavy (non-hydrogen) atoms. The normalized spacial score (nSPS) is 8.07. The van der Waals surface area contributed by atoms with Crippen molar-refractivity contribution in [2.75, 3.05) is 45.8 Å². The Morgan fingerprint density at radius 1 is 0.607 bits per heavy atom. The first-order valence-corrected chi connectivity index (χ1v) is 8.45. The first kappa shape index (κ1) is 36.6. The maximum atomic E-state index is 9.00. The number of carbonyl (C=O) groups is 4.